The van der Waals surface area contributed by atoms with E-state index in [-0.39, 0.29) is 35.2 Å². The SMILES string of the molecule is CC(C)[C@H](CO)Nc1nc(Nc2ccc(C(F)(F)F)cc2Cl)cc(-c2ccccc2)n1. The van der Waals surface area contributed by atoms with Gasteiger partial charge in [0.25, 0.3) is 0 Å². The summed E-state index contributed by atoms with van der Waals surface area (Å²) >= 11 is 6.08. The first-order chi connectivity index (χ1) is 14.7. The van der Waals surface area contributed by atoms with E-state index in [1.807, 2.05) is 44.2 Å². The van der Waals surface area contributed by atoms with E-state index in [1.165, 1.54) is 6.07 Å². The number of benzene rings is 2. The molecule has 0 saturated heterocycles. The number of rotatable bonds is 7. The van der Waals surface area contributed by atoms with Crippen LogP contribution in [0.25, 0.3) is 11.3 Å². The number of anilines is 3. The highest BCUT2D eigenvalue weighted by atomic mass is 35.5. The predicted octanol–water partition coefficient (Wildman–Crippen LogP) is 5.99. The number of nitrogens with zero attached hydrogens (tertiary/aromatic N) is 2. The second-order valence-corrected chi connectivity index (χ2v) is 7.73. The summed E-state index contributed by atoms with van der Waals surface area (Å²) in [6.45, 7) is 3.80. The van der Waals surface area contributed by atoms with Gasteiger partial charge in [0.2, 0.25) is 5.95 Å². The molecular formula is C22H22ClF3N4O. The maximum Gasteiger partial charge on any atom is 0.416 e. The van der Waals surface area contributed by atoms with Gasteiger partial charge in [0.1, 0.15) is 5.82 Å². The van der Waals surface area contributed by atoms with Crippen LogP contribution in [0.15, 0.2) is 54.6 Å². The Bertz CT molecular complexity index is 1030. The molecule has 0 amide bonds. The summed E-state index contributed by atoms with van der Waals surface area (Å²) in [6.07, 6.45) is -4.48. The maximum atomic E-state index is 12.9. The van der Waals surface area contributed by atoms with Crippen LogP contribution in [0.1, 0.15) is 19.4 Å². The first-order valence-corrected chi connectivity index (χ1v) is 10.0. The van der Waals surface area contributed by atoms with Crippen molar-refractivity contribution in [3.8, 4) is 11.3 Å². The predicted molar refractivity (Wildman–Crippen MR) is 117 cm³/mol. The molecule has 0 aliphatic heterocycles. The molecule has 9 heteroatoms. The van der Waals surface area contributed by atoms with Gasteiger partial charge in [-0.3, -0.25) is 0 Å². The molecule has 0 aliphatic rings. The van der Waals surface area contributed by atoms with E-state index in [1.54, 1.807) is 6.07 Å². The van der Waals surface area contributed by atoms with Gasteiger partial charge in [0.15, 0.2) is 0 Å². The minimum Gasteiger partial charge on any atom is -0.394 e. The highest BCUT2D eigenvalue weighted by Gasteiger charge is 2.31. The van der Waals surface area contributed by atoms with Crippen LogP contribution in [-0.4, -0.2) is 27.7 Å². The standard InChI is InChI=1S/C22H22ClF3N4O/c1-13(2)19(12-31)29-21-28-18(14-6-4-3-5-7-14)11-20(30-21)27-17-9-8-15(10-16(17)23)22(24,25)26/h3-11,13,19,31H,12H2,1-2H3,(H2,27,28,29,30)/t19-/m0/s1. The number of aliphatic hydroxyl groups is 1. The Morgan fingerprint density at radius 2 is 1.74 bits per heavy atom. The lowest BCUT2D eigenvalue weighted by atomic mass is 10.1. The molecule has 164 valence electrons. The van der Waals surface area contributed by atoms with Crippen molar-refractivity contribution in [3.63, 3.8) is 0 Å². The van der Waals surface area contributed by atoms with Crippen molar-refractivity contribution in [1.82, 2.24) is 9.97 Å². The van der Waals surface area contributed by atoms with Crippen molar-refractivity contribution >= 4 is 29.1 Å². The van der Waals surface area contributed by atoms with Gasteiger partial charge in [0.05, 0.1) is 34.6 Å². The van der Waals surface area contributed by atoms with Crippen LogP contribution in [0, 0.1) is 5.92 Å². The molecule has 1 heterocycles. The molecule has 0 radical (unpaired) electrons. The van der Waals surface area contributed by atoms with Crippen molar-refractivity contribution in [3.05, 3.63) is 65.2 Å². The topological polar surface area (TPSA) is 70.1 Å². The molecule has 0 fully saturated rings. The third kappa shape index (κ3) is 5.86. The van der Waals surface area contributed by atoms with E-state index < -0.39 is 11.7 Å². The van der Waals surface area contributed by atoms with Gasteiger partial charge in [-0.15, -0.1) is 0 Å². The number of hydrogen-bond donors (Lipinski definition) is 3. The molecule has 1 aromatic heterocycles. The third-order valence-corrected chi connectivity index (χ3v) is 4.98. The van der Waals surface area contributed by atoms with Gasteiger partial charge in [0, 0.05) is 11.6 Å². The molecule has 31 heavy (non-hydrogen) atoms. The highest BCUT2D eigenvalue weighted by molar-refractivity contribution is 6.33. The average molecular weight is 451 g/mol. The van der Waals surface area contributed by atoms with E-state index in [2.05, 4.69) is 20.6 Å². The Morgan fingerprint density at radius 1 is 1.03 bits per heavy atom. The lowest BCUT2D eigenvalue weighted by Crippen LogP contribution is -2.30. The summed E-state index contributed by atoms with van der Waals surface area (Å²) in [5.74, 6) is 0.743. The van der Waals surface area contributed by atoms with E-state index in [0.717, 1.165) is 17.7 Å². The van der Waals surface area contributed by atoms with Crippen molar-refractivity contribution in [2.24, 2.45) is 5.92 Å². The minimum atomic E-state index is -4.48. The summed E-state index contributed by atoms with van der Waals surface area (Å²) in [5.41, 5.74) is 0.880. The Morgan fingerprint density at radius 3 is 2.32 bits per heavy atom. The minimum absolute atomic E-state index is 0.0837. The van der Waals surface area contributed by atoms with Crippen molar-refractivity contribution < 1.29 is 18.3 Å². The van der Waals surface area contributed by atoms with Crippen molar-refractivity contribution in [2.75, 3.05) is 17.2 Å². The number of hydrogen-bond acceptors (Lipinski definition) is 5. The molecular weight excluding hydrogens is 429 g/mol. The molecule has 5 nitrogen and oxygen atoms in total. The number of nitrogens with one attached hydrogen (secondary N) is 2. The summed E-state index contributed by atoms with van der Waals surface area (Å²) in [5, 5.41) is 15.6. The summed E-state index contributed by atoms with van der Waals surface area (Å²) in [4.78, 5) is 8.94. The number of halogens is 4. The van der Waals surface area contributed by atoms with Gasteiger partial charge in [-0.2, -0.15) is 18.2 Å². The molecule has 0 spiro atoms. The van der Waals surface area contributed by atoms with Gasteiger partial charge >= 0.3 is 6.18 Å². The number of aliphatic hydroxyl groups excluding tert-OH is 1. The quantitative estimate of drug-likeness (QED) is 0.412. The zero-order chi connectivity index (χ0) is 22.6. The zero-order valence-corrected chi connectivity index (χ0v) is 17.7. The van der Waals surface area contributed by atoms with Crippen LogP contribution in [0.4, 0.5) is 30.6 Å². The van der Waals surface area contributed by atoms with E-state index >= 15 is 0 Å². The van der Waals surface area contributed by atoms with Gasteiger partial charge < -0.3 is 15.7 Å². The molecule has 3 N–H and O–H groups in total. The van der Waals surface area contributed by atoms with Crippen molar-refractivity contribution in [2.45, 2.75) is 26.1 Å². The van der Waals surface area contributed by atoms with Crippen LogP contribution in [0.5, 0.6) is 0 Å². The smallest absolute Gasteiger partial charge is 0.394 e. The first kappa shape index (κ1) is 22.8. The summed E-state index contributed by atoms with van der Waals surface area (Å²) in [7, 11) is 0. The normalized spacial score (nSPS) is 12.6. The highest BCUT2D eigenvalue weighted by Crippen LogP contribution is 2.35. The molecule has 3 aromatic rings. The lowest BCUT2D eigenvalue weighted by molar-refractivity contribution is -0.137. The largest absolute Gasteiger partial charge is 0.416 e. The Labute approximate surface area is 183 Å². The van der Waals surface area contributed by atoms with Crippen LogP contribution in [0.2, 0.25) is 5.02 Å². The third-order valence-electron chi connectivity index (χ3n) is 4.67. The van der Waals surface area contributed by atoms with Crippen LogP contribution >= 0.6 is 11.6 Å². The zero-order valence-electron chi connectivity index (χ0n) is 16.9. The summed E-state index contributed by atoms with van der Waals surface area (Å²) < 4.78 is 38.7. The molecule has 0 saturated carbocycles. The Hall–Kier alpha value is -2.84. The second-order valence-electron chi connectivity index (χ2n) is 7.32. The molecule has 1 atom stereocenters. The molecule has 2 aromatic carbocycles. The monoisotopic (exact) mass is 450 g/mol. The molecule has 0 unspecified atom stereocenters. The number of aromatic nitrogens is 2. The average Bonchev–Trinajstić information content (AvgIpc) is 2.73. The first-order valence-electron chi connectivity index (χ1n) is 9.63. The molecule has 0 bridgehead atoms. The Kier molecular flexibility index (Phi) is 7.02. The van der Waals surface area contributed by atoms with Gasteiger partial charge in [-0.1, -0.05) is 55.8 Å². The fourth-order valence-corrected chi connectivity index (χ4v) is 3.08. The van der Waals surface area contributed by atoms with Crippen LogP contribution < -0.4 is 10.6 Å². The van der Waals surface area contributed by atoms with E-state index in [0.29, 0.717) is 11.5 Å². The lowest BCUT2D eigenvalue weighted by Gasteiger charge is -2.21. The molecule has 3 rings (SSSR count). The van der Waals surface area contributed by atoms with Crippen LogP contribution in [-0.2, 0) is 6.18 Å². The fourth-order valence-electron chi connectivity index (χ4n) is 2.85. The number of alkyl halides is 3. The fraction of sp³-hybridized carbons (Fsp3) is 0.273. The second kappa shape index (κ2) is 9.53. The summed E-state index contributed by atoms with van der Waals surface area (Å²) in [6, 6.07) is 13.9. The Balaban J connectivity index is 1.98. The van der Waals surface area contributed by atoms with Gasteiger partial charge in [-0.25, -0.2) is 4.98 Å². The van der Waals surface area contributed by atoms with E-state index in [9.17, 15) is 18.3 Å². The van der Waals surface area contributed by atoms with Crippen LogP contribution in [0.3, 0.4) is 0 Å². The molecule has 0 aliphatic carbocycles. The maximum absolute atomic E-state index is 12.9. The van der Waals surface area contributed by atoms with E-state index in [4.69, 9.17) is 11.6 Å². The van der Waals surface area contributed by atoms with Gasteiger partial charge in [-0.05, 0) is 24.1 Å². The van der Waals surface area contributed by atoms with Crippen molar-refractivity contribution in [1.29, 1.82) is 0 Å².